The van der Waals surface area contributed by atoms with Gasteiger partial charge in [0.05, 0.1) is 12.5 Å². The molecule has 2 amide bonds. The number of nitrogens with zero attached hydrogens (tertiary/aromatic N) is 1. The Labute approximate surface area is 123 Å². The lowest BCUT2D eigenvalue weighted by atomic mass is 9.95. The molecule has 0 saturated carbocycles. The number of nitrogen functional groups attached to an aromatic ring is 1. The van der Waals surface area contributed by atoms with Gasteiger partial charge in [-0.3, -0.25) is 14.5 Å². The molecule has 3 rings (SSSR count). The number of benzene rings is 2. The Kier molecular flexibility index (Phi) is 3.22. The SMILES string of the molecule is CC(c1ccc(N)cc1)N1C(=O)Cc2ccccc2C1=O. The lowest BCUT2D eigenvalue weighted by Crippen LogP contribution is -2.43. The number of imide groups is 1. The second-order valence-electron chi connectivity index (χ2n) is 5.25. The van der Waals surface area contributed by atoms with Crippen LogP contribution in [0.3, 0.4) is 0 Å². The van der Waals surface area contributed by atoms with Crippen molar-refractivity contribution in [2.75, 3.05) is 5.73 Å². The molecular weight excluding hydrogens is 264 g/mol. The van der Waals surface area contributed by atoms with E-state index in [0.29, 0.717) is 11.3 Å². The molecular formula is C17H16N2O2. The Balaban J connectivity index is 1.97. The van der Waals surface area contributed by atoms with Crippen LogP contribution in [0.15, 0.2) is 48.5 Å². The van der Waals surface area contributed by atoms with Crippen LogP contribution in [0.25, 0.3) is 0 Å². The molecule has 4 nitrogen and oxygen atoms in total. The predicted molar refractivity (Wildman–Crippen MR) is 80.6 cm³/mol. The average molecular weight is 280 g/mol. The number of fused-ring (bicyclic) bond motifs is 1. The molecule has 0 aromatic heterocycles. The van der Waals surface area contributed by atoms with Gasteiger partial charge < -0.3 is 5.73 Å². The van der Waals surface area contributed by atoms with E-state index in [2.05, 4.69) is 0 Å². The maximum Gasteiger partial charge on any atom is 0.261 e. The largest absolute Gasteiger partial charge is 0.399 e. The van der Waals surface area contributed by atoms with Crippen LogP contribution < -0.4 is 5.73 Å². The highest BCUT2D eigenvalue weighted by Crippen LogP contribution is 2.28. The van der Waals surface area contributed by atoms with Gasteiger partial charge in [-0.15, -0.1) is 0 Å². The number of rotatable bonds is 2. The minimum atomic E-state index is -0.307. The van der Waals surface area contributed by atoms with Crippen molar-refractivity contribution in [3.05, 3.63) is 65.2 Å². The molecule has 2 aromatic rings. The van der Waals surface area contributed by atoms with Crippen molar-refractivity contribution >= 4 is 17.5 Å². The maximum atomic E-state index is 12.6. The van der Waals surface area contributed by atoms with E-state index in [0.717, 1.165) is 11.1 Å². The summed E-state index contributed by atoms with van der Waals surface area (Å²) in [5, 5.41) is 0. The third-order valence-electron chi connectivity index (χ3n) is 3.88. The molecule has 1 atom stereocenters. The molecule has 4 heteroatoms. The highest BCUT2D eigenvalue weighted by atomic mass is 16.2. The van der Waals surface area contributed by atoms with Gasteiger partial charge in [0.1, 0.15) is 0 Å². The Morgan fingerprint density at radius 1 is 1.05 bits per heavy atom. The maximum absolute atomic E-state index is 12.6. The van der Waals surface area contributed by atoms with Crippen molar-refractivity contribution in [1.82, 2.24) is 4.90 Å². The summed E-state index contributed by atoms with van der Waals surface area (Å²) in [6.07, 6.45) is 0.265. The van der Waals surface area contributed by atoms with Crippen LogP contribution in [-0.4, -0.2) is 16.7 Å². The summed E-state index contributed by atoms with van der Waals surface area (Å²) >= 11 is 0. The monoisotopic (exact) mass is 280 g/mol. The van der Waals surface area contributed by atoms with Crippen molar-refractivity contribution in [3.63, 3.8) is 0 Å². The zero-order chi connectivity index (χ0) is 15.0. The van der Waals surface area contributed by atoms with Crippen LogP contribution in [0.1, 0.15) is 34.5 Å². The fraction of sp³-hybridized carbons (Fsp3) is 0.176. The van der Waals surface area contributed by atoms with Gasteiger partial charge in [-0.1, -0.05) is 30.3 Å². The summed E-state index contributed by atoms with van der Waals surface area (Å²) in [6, 6.07) is 14.2. The van der Waals surface area contributed by atoms with Gasteiger partial charge in [-0.25, -0.2) is 0 Å². The van der Waals surface area contributed by atoms with Crippen molar-refractivity contribution in [2.24, 2.45) is 0 Å². The van der Waals surface area contributed by atoms with E-state index in [1.165, 1.54) is 4.90 Å². The summed E-state index contributed by atoms with van der Waals surface area (Å²) in [5.74, 6) is -0.394. The molecule has 21 heavy (non-hydrogen) atoms. The Morgan fingerprint density at radius 2 is 1.71 bits per heavy atom. The zero-order valence-electron chi connectivity index (χ0n) is 11.7. The summed E-state index contributed by atoms with van der Waals surface area (Å²) in [4.78, 5) is 26.3. The van der Waals surface area contributed by atoms with Crippen LogP contribution in [-0.2, 0) is 11.2 Å². The van der Waals surface area contributed by atoms with Gasteiger partial charge in [0.25, 0.3) is 5.91 Å². The van der Waals surface area contributed by atoms with Crippen molar-refractivity contribution in [1.29, 1.82) is 0 Å². The molecule has 1 aliphatic heterocycles. The number of hydrogen-bond donors (Lipinski definition) is 1. The first-order chi connectivity index (χ1) is 10.1. The highest BCUT2D eigenvalue weighted by Gasteiger charge is 2.34. The molecule has 0 bridgehead atoms. The smallest absolute Gasteiger partial charge is 0.261 e. The average Bonchev–Trinajstić information content (AvgIpc) is 2.48. The lowest BCUT2D eigenvalue weighted by molar-refractivity contribution is -0.130. The summed E-state index contributed by atoms with van der Waals surface area (Å²) in [6.45, 7) is 1.86. The van der Waals surface area contributed by atoms with E-state index >= 15 is 0 Å². The first-order valence-corrected chi connectivity index (χ1v) is 6.87. The van der Waals surface area contributed by atoms with Crippen molar-refractivity contribution in [3.8, 4) is 0 Å². The van der Waals surface area contributed by atoms with Crippen LogP contribution in [0.5, 0.6) is 0 Å². The third-order valence-corrected chi connectivity index (χ3v) is 3.88. The van der Waals surface area contributed by atoms with E-state index in [1.54, 1.807) is 18.2 Å². The minimum Gasteiger partial charge on any atom is -0.399 e. The van der Waals surface area contributed by atoms with E-state index < -0.39 is 0 Å². The molecule has 2 aromatic carbocycles. The van der Waals surface area contributed by atoms with Crippen LogP contribution in [0, 0.1) is 0 Å². The van der Waals surface area contributed by atoms with Gasteiger partial charge in [0.2, 0.25) is 5.91 Å². The van der Waals surface area contributed by atoms with Gasteiger partial charge >= 0.3 is 0 Å². The van der Waals surface area contributed by atoms with E-state index in [9.17, 15) is 9.59 Å². The molecule has 1 aliphatic rings. The van der Waals surface area contributed by atoms with E-state index in [1.807, 2.05) is 37.3 Å². The number of nitrogens with two attached hydrogens (primary N) is 1. The Morgan fingerprint density at radius 3 is 2.43 bits per heavy atom. The Hall–Kier alpha value is -2.62. The van der Waals surface area contributed by atoms with Crippen molar-refractivity contribution < 1.29 is 9.59 Å². The zero-order valence-corrected chi connectivity index (χ0v) is 11.7. The van der Waals surface area contributed by atoms with Crippen LogP contribution in [0.2, 0.25) is 0 Å². The second kappa shape index (κ2) is 5.05. The van der Waals surface area contributed by atoms with Gasteiger partial charge in [0, 0.05) is 11.3 Å². The standard InChI is InChI=1S/C17H16N2O2/c1-11(12-6-8-14(18)9-7-12)19-16(20)10-13-4-2-3-5-15(13)17(19)21/h2-9,11H,10,18H2,1H3. The molecule has 0 spiro atoms. The number of amides is 2. The lowest BCUT2D eigenvalue weighted by Gasteiger charge is -2.32. The predicted octanol–water partition coefficient (Wildman–Crippen LogP) is 2.55. The number of anilines is 1. The quantitative estimate of drug-likeness (QED) is 0.679. The normalized spacial score (nSPS) is 15.8. The van der Waals surface area contributed by atoms with E-state index in [-0.39, 0.29) is 24.3 Å². The number of carbonyl (C=O) groups excluding carboxylic acids is 2. The highest BCUT2D eigenvalue weighted by molar-refractivity contribution is 6.10. The second-order valence-corrected chi connectivity index (χ2v) is 5.25. The van der Waals surface area contributed by atoms with E-state index in [4.69, 9.17) is 5.73 Å². The van der Waals surface area contributed by atoms with Gasteiger partial charge in [-0.05, 0) is 36.2 Å². The van der Waals surface area contributed by atoms with Gasteiger partial charge in [-0.2, -0.15) is 0 Å². The first-order valence-electron chi connectivity index (χ1n) is 6.87. The van der Waals surface area contributed by atoms with Crippen LogP contribution >= 0.6 is 0 Å². The Bertz CT molecular complexity index is 707. The third kappa shape index (κ3) is 2.29. The molecule has 0 radical (unpaired) electrons. The molecule has 0 saturated heterocycles. The molecule has 0 fully saturated rings. The molecule has 0 aliphatic carbocycles. The van der Waals surface area contributed by atoms with Gasteiger partial charge in [0.15, 0.2) is 0 Å². The fourth-order valence-corrected chi connectivity index (χ4v) is 2.69. The van der Waals surface area contributed by atoms with Crippen LogP contribution in [0.4, 0.5) is 5.69 Å². The summed E-state index contributed by atoms with van der Waals surface area (Å²) in [5.41, 5.74) is 8.64. The summed E-state index contributed by atoms with van der Waals surface area (Å²) in [7, 11) is 0. The molecule has 1 unspecified atom stereocenters. The molecule has 2 N–H and O–H groups in total. The fourth-order valence-electron chi connectivity index (χ4n) is 2.69. The number of carbonyl (C=O) groups is 2. The first kappa shape index (κ1) is 13.4. The molecule has 1 heterocycles. The van der Waals surface area contributed by atoms with Crippen molar-refractivity contribution in [2.45, 2.75) is 19.4 Å². The topological polar surface area (TPSA) is 63.4 Å². The minimum absolute atomic E-state index is 0.164. The summed E-state index contributed by atoms with van der Waals surface area (Å²) < 4.78 is 0. The number of hydrogen-bond acceptors (Lipinski definition) is 3. The molecule has 106 valence electrons.